The van der Waals surface area contributed by atoms with Gasteiger partial charge in [0.15, 0.2) is 5.82 Å². The summed E-state index contributed by atoms with van der Waals surface area (Å²) in [5, 5.41) is 7.01. The molecule has 1 fully saturated rings. The zero-order valence-corrected chi connectivity index (χ0v) is 20.8. The van der Waals surface area contributed by atoms with Gasteiger partial charge in [-0.25, -0.2) is 0 Å². The Morgan fingerprint density at radius 1 is 1.19 bits per heavy atom. The molecule has 1 N–H and O–H groups in total. The first-order valence-corrected chi connectivity index (χ1v) is 12.0. The van der Waals surface area contributed by atoms with Crippen LogP contribution in [0.4, 0.5) is 5.82 Å². The quantitative estimate of drug-likeness (QED) is 0.457. The van der Waals surface area contributed by atoms with Crippen molar-refractivity contribution in [1.82, 2.24) is 9.78 Å². The van der Waals surface area contributed by atoms with E-state index in [1.807, 2.05) is 37.3 Å². The Morgan fingerprint density at radius 2 is 2.03 bits per heavy atom. The Hall–Kier alpha value is -3.80. The van der Waals surface area contributed by atoms with Crippen molar-refractivity contribution in [3.05, 3.63) is 71.4 Å². The van der Waals surface area contributed by atoms with Gasteiger partial charge in [0.25, 0.3) is 5.91 Å². The van der Waals surface area contributed by atoms with Crippen molar-refractivity contribution < 1.29 is 23.7 Å². The van der Waals surface area contributed by atoms with E-state index in [4.69, 9.17) is 18.9 Å². The lowest BCUT2D eigenvalue weighted by molar-refractivity contribution is 0.0679. The number of ether oxygens (including phenoxy) is 4. The summed E-state index contributed by atoms with van der Waals surface area (Å²) in [5.41, 5.74) is 1.87. The molecule has 1 aromatic heterocycles. The Morgan fingerprint density at radius 3 is 2.78 bits per heavy atom. The minimum atomic E-state index is -0.300. The molecule has 2 heterocycles. The van der Waals surface area contributed by atoms with Gasteiger partial charge in [-0.1, -0.05) is 17.9 Å². The molecule has 1 saturated heterocycles. The molecular formula is C28H31N3O5. The van der Waals surface area contributed by atoms with Crippen molar-refractivity contribution >= 4 is 11.7 Å². The van der Waals surface area contributed by atoms with Crippen LogP contribution < -0.4 is 14.8 Å². The maximum atomic E-state index is 12.9. The number of rotatable bonds is 9. The molecule has 1 aliphatic heterocycles. The molecular weight excluding hydrogens is 458 g/mol. The average molecular weight is 490 g/mol. The molecule has 0 saturated carbocycles. The van der Waals surface area contributed by atoms with Crippen molar-refractivity contribution in [2.75, 3.05) is 32.2 Å². The summed E-state index contributed by atoms with van der Waals surface area (Å²) < 4.78 is 24.3. The highest BCUT2D eigenvalue weighted by molar-refractivity contribution is 6.04. The van der Waals surface area contributed by atoms with Gasteiger partial charge in [-0.2, -0.15) is 5.10 Å². The maximum Gasteiger partial charge on any atom is 0.257 e. The van der Waals surface area contributed by atoms with Gasteiger partial charge in [0.2, 0.25) is 0 Å². The SMILES string of the molecule is COC[C@H](C)Oc1cc(C#Cc2cccc(OCC3CCCO3)c2)cc(C(=O)Nc2ccn(C)n2)c1. The molecule has 1 amide bonds. The van der Waals surface area contributed by atoms with E-state index in [1.165, 1.54) is 0 Å². The van der Waals surface area contributed by atoms with Gasteiger partial charge in [-0.15, -0.1) is 0 Å². The van der Waals surface area contributed by atoms with E-state index < -0.39 is 0 Å². The van der Waals surface area contributed by atoms with Gasteiger partial charge in [-0.3, -0.25) is 9.48 Å². The number of aryl methyl sites for hydroxylation is 1. The third kappa shape index (κ3) is 7.35. The molecule has 36 heavy (non-hydrogen) atoms. The minimum Gasteiger partial charge on any atom is -0.491 e. The number of hydrogen-bond donors (Lipinski definition) is 1. The van der Waals surface area contributed by atoms with Crippen LogP contribution in [0.15, 0.2) is 54.7 Å². The fourth-order valence-corrected chi connectivity index (χ4v) is 3.81. The number of amides is 1. The summed E-state index contributed by atoms with van der Waals surface area (Å²) in [4.78, 5) is 12.9. The fraction of sp³-hybridized carbons (Fsp3) is 0.357. The lowest BCUT2D eigenvalue weighted by Crippen LogP contribution is -2.19. The zero-order valence-electron chi connectivity index (χ0n) is 20.8. The Bertz CT molecular complexity index is 1240. The number of benzene rings is 2. The first kappa shape index (κ1) is 25.3. The Labute approximate surface area is 211 Å². The molecule has 0 bridgehead atoms. The second-order valence-electron chi connectivity index (χ2n) is 8.68. The number of carbonyl (C=O) groups excluding carboxylic acids is 1. The summed E-state index contributed by atoms with van der Waals surface area (Å²) in [6.45, 7) is 3.65. The van der Waals surface area contributed by atoms with Crippen LogP contribution in [-0.4, -0.2) is 54.8 Å². The lowest BCUT2D eigenvalue weighted by Gasteiger charge is -2.15. The predicted molar refractivity (Wildman–Crippen MR) is 136 cm³/mol. The van der Waals surface area contributed by atoms with Gasteiger partial charge in [0.1, 0.15) is 24.2 Å². The monoisotopic (exact) mass is 489 g/mol. The highest BCUT2D eigenvalue weighted by Gasteiger charge is 2.16. The second kappa shape index (κ2) is 12.2. The van der Waals surface area contributed by atoms with E-state index >= 15 is 0 Å². The smallest absolute Gasteiger partial charge is 0.257 e. The number of nitrogens with one attached hydrogen (secondary N) is 1. The number of nitrogens with zero attached hydrogens (tertiary/aromatic N) is 2. The first-order chi connectivity index (χ1) is 17.5. The molecule has 0 spiro atoms. The lowest BCUT2D eigenvalue weighted by atomic mass is 10.1. The van der Waals surface area contributed by atoms with Crippen LogP contribution in [0.3, 0.4) is 0 Å². The van der Waals surface area contributed by atoms with Gasteiger partial charge in [0, 0.05) is 49.7 Å². The maximum absolute atomic E-state index is 12.9. The van der Waals surface area contributed by atoms with E-state index in [1.54, 1.807) is 43.2 Å². The van der Waals surface area contributed by atoms with Crippen LogP contribution in [0.1, 0.15) is 41.3 Å². The molecule has 1 aliphatic rings. The van der Waals surface area contributed by atoms with Crippen LogP contribution in [0.5, 0.6) is 11.5 Å². The number of hydrogen-bond acceptors (Lipinski definition) is 6. The fourth-order valence-electron chi connectivity index (χ4n) is 3.81. The molecule has 188 valence electrons. The molecule has 4 rings (SSSR count). The zero-order chi connectivity index (χ0) is 25.3. The van der Waals surface area contributed by atoms with Crippen LogP contribution in [0.2, 0.25) is 0 Å². The van der Waals surface area contributed by atoms with Crippen LogP contribution in [-0.2, 0) is 16.5 Å². The number of methoxy groups -OCH3 is 1. The summed E-state index contributed by atoms with van der Waals surface area (Å²) in [5.74, 6) is 7.77. The Kier molecular flexibility index (Phi) is 8.61. The van der Waals surface area contributed by atoms with Crippen molar-refractivity contribution in [2.24, 2.45) is 7.05 Å². The highest BCUT2D eigenvalue weighted by atomic mass is 16.5. The standard InChI is InChI=1S/C28H31N3O5/c1-20(18-33-3)36-26-16-22(14-23(17-26)28(32)29-27-11-12-31(2)30-27)10-9-21-6-4-7-24(15-21)35-19-25-8-5-13-34-25/h4,6-7,11-12,14-17,20,25H,5,8,13,18-19H2,1-3H3,(H,29,30,32)/t20-,25?/m0/s1. The molecule has 0 aliphatic carbocycles. The summed E-state index contributed by atoms with van der Waals surface area (Å²) in [6.07, 6.45) is 3.82. The molecule has 1 unspecified atom stereocenters. The van der Waals surface area contributed by atoms with Crippen LogP contribution >= 0.6 is 0 Å². The number of aromatic nitrogens is 2. The van der Waals surface area contributed by atoms with Crippen molar-refractivity contribution in [1.29, 1.82) is 0 Å². The average Bonchev–Trinajstić information content (AvgIpc) is 3.53. The minimum absolute atomic E-state index is 0.152. The largest absolute Gasteiger partial charge is 0.491 e. The summed E-state index contributed by atoms with van der Waals surface area (Å²) in [6, 6.07) is 14.6. The molecule has 2 aromatic carbocycles. The molecule has 8 heteroatoms. The van der Waals surface area contributed by atoms with Crippen LogP contribution in [0, 0.1) is 11.8 Å². The topological polar surface area (TPSA) is 83.8 Å². The van der Waals surface area contributed by atoms with Crippen LogP contribution in [0.25, 0.3) is 0 Å². The highest BCUT2D eigenvalue weighted by Crippen LogP contribution is 2.21. The second-order valence-corrected chi connectivity index (χ2v) is 8.68. The first-order valence-electron chi connectivity index (χ1n) is 12.0. The predicted octanol–water partition coefficient (Wildman–Crippen LogP) is 4.04. The van der Waals surface area contributed by atoms with E-state index in [0.717, 1.165) is 30.8 Å². The van der Waals surface area contributed by atoms with E-state index in [9.17, 15) is 4.79 Å². The van der Waals surface area contributed by atoms with E-state index in [-0.39, 0.29) is 18.1 Å². The third-order valence-corrected chi connectivity index (χ3v) is 5.51. The third-order valence-electron chi connectivity index (χ3n) is 5.51. The van der Waals surface area contributed by atoms with Gasteiger partial charge in [0.05, 0.1) is 12.7 Å². The normalized spacial score (nSPS) is 15.6. The number of anilines is 1. The summed E-state index contributed by atoms with van der Waals surface area (Å²) in [7, 11) is 3.41. The van der Waals surface area contributed by atoms with Gasteiger partial charge < -0.3 is 24.3 Å². The van der Waals surface area contributed by atoms with Crippen molar-refractivity contribution in [3.8, 4) is 23.3 Å². The molecule has 0 radical (unpaired) electrons. The molecule has 2 atom stereocenters. The van der Waals surface area contributed by atoms with E-state index in [0.29, 0.717) is 35.9 Å². The number of carbonyl (C=O) groups is 1. The summed E-state index contributed by atoms with van der Waals surface area (Å²) >= 11 is 0. The molecule has 3 aromatic rings. The van der Waals surface area contributed by atoms with Crippen molar-refractivity contribution in [2.45, 2.75) is 32.0 Å². The van der Waals surface area contributed by atoms with Gasteiger partial charge in [-0.05, 0) is 56.2 Å². The molecule has 8 nitrogen and oxygen atoms in total. The van der Waals surface area contributed by atoms with Crippen molar-refractivity contribution in [3.63, 3.8) is 0 Å². The Balaban J connectivity index is 1.53. The van der Waals surface area contributed by atoms with E-state index in [2.05, 4.69) is 22.3 Å². The van der Waals surface area contributed by atoms with Gasteiger partial charge >= 0.3 is 0 Å².